The molecule has 6 heteroatoms. The monoisotopic (exact) mass is 827 g/mol. The minimum Gasteiger partial charge on any atom is -0.462 e. The van der Waals surface area contributed by atoms with Crippen LogP contribution in [0, 0.1) is 0 Å². The topological polar surface area (TPSA) is 78.9 Å². The third-order valence-corrected chi connectivity index (χ3v) is 9.12. The molecule has 0 N–H and O–H groups in total. The summed E-state index contributed by atoms with van der Waals surface area (Å²) in [5.41, 5.74) is 0. The Bertz CT molecular complexity index is 1370. The summed E-state index contributed by atoms with van der Waals surface area (Å²) in [5.74, 6) is -1.09. The third-order valence-electron chi connectivity index (χ3n) is 9.12. The molecule has 0 spiro atoms. The van der Waals surface area contributed by atoms with Crippen molar-refractivity contribution in [2.45, 2.75) is 175 Å². The molecule has 334 valence electrons. The lowest BCUT2D eigenvalue weighted by atomic mass is 10.1. The van der Waals surface area contributed by atoms with E-state index in [0.717, 1.165) is 64.2 Å². The van der Waals surface area contributed by atoms with E-state index in [4.69, 9.17) is 14.2 Å². The van der Waals surface area contributed by atoms with Gasteiger partial charge in [0, 0.05) is 19.3 Å². The molecule has 0 aliphatic rings. The van der Waals surface area contributed by atoms with Gasteiger partial charge in [0.2, 0.25) is 0 Å². The van der Waals surface area contributed by atoms with Crippen LogP contribution < -0.4 is 0 Å². The molecule has 1 atom stereocenters. The van der Waals surface area contributed by atoms with Crippen LogP contribution in [0.3, 0.4) is 0 Å². The summed E-state index contributed by atoms with van der Waals surface area (Å²) in [5, 5.41) is 0. The van der Waals surface area contributed by atoms with Gasteiger partial charge in [-0.05, 0) is 77.0 Å². The Hall–Kier alpha value is -4.45. The first-order chi connectivity index (χ1) is 29.5. The van der Waals surface area contributed by atoms with E-state index in [1.54, 1.807) is 0 Å². The summed E-state index contributed by atoms with van der Waals surface area (Å²) in [7, 11) is 0. The molecular formula is C54H82O6. The van der Waals surface area contributed by atoms with Gasteiger partial charge in [0.15, 0.2) is 6.10 Å². The molecule has 0 bridgehead atoms. The molecule has 6 nitrogen and oxygen atoms in total. The smallest absolute Gasteiger partial charge is 0.306 e. The summed E-state index contributed by atoms with van der Waals surface area (Å²) < 4.78 is 16.6. The Morgan fingerprint density at radius 2 is 0.667 bits per heavy atom. The highest BCUT2D eigenvalue weighted by Crippen LogP contribution is 2.11. The zero-order valence-corrected chi connectivity index (χ0v) is 37.9. The van der Waals surface area contributed by atoms with Gasteiger partial charge in [-0.25, -0.2) is 0 Å². The molecule has 0 aromatic rings. The first kappa shape index (κ1) is 55.5. The van der Waals surface area contributed by atoms with Crippen LogP contribution in [-0.2, 0) is 28.6 Å². The number of hydrogen-bond acceptors (Lipinski definition) is 6. The zero-order valence-electron chi connectivity index (χ0n) is 37.9. The highest BCUT2D eigenvalue weighted by molar-refractivity contribution is 5.71. The van der Waals surface area contributed by atoms with Crippen molar-refractivity contribution in [3.63, 3.8) is 0 Å². The summed E-state index contributed by atoms with van der Waals surface area (Å²) in [6.45, 7) is 6.19. The molecule has 0 saturated heterocycles. The highest BCUT2D eigenvalue weighted by Gasteiger charge is 2.19. The lowest BCUT2D eigenvalue weighted by Gasteiger charge is -2.18. The maximum Gasteiger partial charge on any atom is 0.306 e. The molecule has 0 rings (SSSR count). The number of unbranched alkanes of at least 4 members (excludes halogenated alkanes) is 14. The molecule has 0 fully saturated rings. The number of esters is 3. The molecule has 0 aliphatic heterocycles. The molecule has 0 aromatic heterocycles. The van der Waals surface area contributed by atoms with Gasteiger partial charge in [0.25, 0.3) is 0 Å². The molecule has 0 heterocycles. The van der Waals surface area contributed by atoms with Crippen molar-refractivity contribution in [2.75, 3.05) is 13.2 Å². The Morgan fingerprint density at radius 1 is 0.350 bits per heavy atom. The van der Waals surface area contributed by atoms with Gasteiger partial charge < -0.3 is 14.2 Å². The van der Waals surface area contributed by atoms with E-state index in [-0.39, 0.29) is 38.0 Å². The predicted octanol–water partition coefficient (Wildman–Crippen LogP) is 15.1. The van der Waals surface area contributed by atoms with Crippen LogP contribution in [0.5, 0.6) is 0 Å². The minimum atomic E-state index is -0.845. The Labute approximate surface area is 366 Å². The number of ether oxygens (including phenoxy) is 3. The summed E-state index contributed by atoms with van der Waals surface area (Å²) in [6, 6.07) is 0. The van der Waals surface area contributed by atoms with E-state index in [9.17, 15) is 14.4 Å². The third kappa shape index (κ3) is 44.6. The largest absolute Gasteiger partial charge is 0.462 e. The van der Waals surface area contributed by atoms with Gasteiger partial charge in [-0.3, -0.25) is 14.4 Å². The fourth-order valence-corrected chi connectivity index (χ4v) is 5.65. The Morgan fingerprint density at radius 3 is 1.08 bits per heavy atom. The van der Waals surface area contributed by atoms with Crippen molar-refractivity contribution in [3.8, 4) is 0 Å². The van der Waals surface area contributed by atoms with E-state index in [0.29, 0.717) is 25.7 Å². The maximum atomic E-state index is 12.7. The lowest BCUT2D eigenvalue weighted by molar-refractivity contribution is -0.167. The van der Waals surface area contributed by atoms with Crippen LogP contribution in [0.1, 0.15) is 168 Å². The standard InChI is InChI=1S/C54H82O6/c1-4-7-10-13-16-19-22-25-26-27-30-32-35-38-41-44-47-53(56)59-50-51(60-54(57)48-45-42-39-36-33-29-24-21-18-15-12-9-6-3)49-58-52(55)46-43-40-37-34-31-28-23-20-17-14-11-8-5-2/h8-9,11-12,14-15,17-18,20-21,23-24,26-33,36,39,51H,4-7,10,13,16,19,22,25,34-35,37-38,40-50H2,1-3H3/b11-8-,12-9-,17-14-,18-15-,23-20-,24-21-,27-26-,31-28-,32-30-,33-29-,39-36-. The number of carbonyl (C=O) groups excluding carboxylic acids is 3. The average Bonchev–Trinajstić information content (AvgIpc) is 3.24. The maximum absolute atomic E-state index is 12.7. The van der Waals surface area contributed by atoms with Crippen LogP contribution in [0.25, 0.3) is 0 Å². The quantitative estimate of drug-likeness (QED) is 0.0266. The number of carbonyl (C=O) groups is 3. The van der Waals surface area contributed by atoms with Gasteiger partial charge in [-0.2, -0.15) is 0 Å². The summed E-state index contributed by atoms with van der Waals surface area (Å²) in [6.07, 6.45) is 65.9. The molecule has 0 radical (unpaired) electrons. The number of allylic oxidation sites excluding steroid dienone is 22. The van der Waals surface area contributed by atoms with Crippen LogP contribution in [-0.4, -0.2) is 37.2 Å². The molecule has 0 saturated carbocycles. The van der Waals surface area contributed by atoms with Gasteiger partial charge in [0.1, 0.15) is 13.2 Å². The fourth-order valence-electron chi connectivity index (χ4n) is 5.65. The fraction of sp³-hybridized carbons (Fsp3) is 0.537. The number of hydrogen-bond donors (Lipinski definition) is 0. The highest BCUT2D eigenvalue weighted by atomic mass is 16.6. The molecular weight excluding hydrogens is 745 g/mol. The SMILES string of the molecule is CC\C=C/C=C\C=C/C=C\C=C/CCCC(=O)OC(COC(=O)CCCCC\C=C/C=C\C=C/C=C\CC)COC(=O)CCCCC/C=C\C=C/CCCCCCCCC. The van der Waals surface area contributed by atoms with Crippen molar-refractivity contribution in [2.24, 2.45) is 0 Å². The van der Waals surface area contributed by atoms with Gasteiger partial charge in [0.05, 0.1) is 0 Å². The Balaban J connectivity index is 4.62. The second-order valence-corrected chi connectivity index (χ2v) is 14.8. The molecule has 0 amide bonds. The summed E-state index contributed by atoms with van der Waals surface area (Å²) in [4.78, 5) is 37.8. The van der Waals surface area contributed by atoms with Crippen LogP contribution in [0.4, 0.5) is 0 Å². The second kappa shape index (κ2) is 47.2. The van der Waals surface area contributed by atoms with E-state index < -0.39 is 12.1 Å². The zero-order chi connectivity index (χ0) is 43.7. The van der Waals surface area contributed by atoms with Crippen molar-refractivity contribution in [1.29, 1.82) is 0 Å². The van der Waals surface area contributed by atoms with E-state index in [2.05, 4.69) is 63.3 Å². The Kier molecular flexibility index (Phi) is 43.7. The number of rotatable bonds is 39. The molecule has 60 heavy (non-hydrogen) atoms. The van der Waals surface area contributed by atoms with E-state index in [1.807, 2.05) is 91.1 Å². The lowest BCUT2D eigenvalue weighted by Crippen LogP contribution is -2.30. The molecule has 0 aromatic carbocycles. The minimum absolute atomic E-state index is 0.139. The van der Waals surface area contributed by atoms with Gasteiger partial charge >= 0.3 is 17.9 Å². The van der Waals surface area contributed by atoms with Gasteiger partial charge in [-0.1, -0.05) is 206 Å². The van der Waals surface area contributed by atoms with Crippen LogP contribution in [0.2, 0.25) is 0 Å². The second-order valence-electron chi connectivity index (χ2n) is 14.8. The average molecular weight is 827 g/mol. The first-order valence-electron chi connectivity index (χ1n) is 23.3. The summed E-state index contributed by atoms with van der Waals surface area (Å²) >= 11 is 0. The van der Waals surface area contributed by atoms with Crippen LogP contribution in [0.15, 0.2) is 134 Å². The van der Waals surface area contributed by atoms with Crippen LogP contribution >= 0.6 is 0 Å². The van der Waals surface area contributed by atoms with Crippen molar-refractivity contribution < 1.29 is 28.6 Å². The molecule has 1 unspecified atom stereocenters. The van der Waals surface area contributed by atoms with Gasteiger partial charge in [-0.15, -0.1) is 0 Å². The predicted molar refractivity (Wildman–Crippen MR) is 256 cm³/mol. The first-order valence-corrected chi connectivity index (χ1v) is 23.3. The van der Waals surface area contributed by atoms with E-state index >= 15 is 0 Å². The van der Waals surface area contributed by atoms with Crippen molar-refractivity contribution in [3.05, 3.63) is 134 Å². The van der Waals surface area contributed by atoms with Crippen molar-refractivity contribution >= 4 is 17.9 Å². The molecule has 0 aliphatic carbocycles. The van der Waals surface area contributed by atoms with Crippen molar-refractivity contribution in [1.82, 2.24) is 0 Å². The van der Waals surface area contributed by atoms with E-state index in [1.165, 1.54) is 44.9 Å². The normalized spacial score (nSPS) is 13.3.